The normalized spacial score (nSPS) is 15.6. The monoisotopic (exact) mass is 463 g/mol. The summed E-state index contributed by atoms with van der Waals surface area (Å²) >= 11 is 12.5. The molecule has 0 bridgehead atoms. The van der Waals surface area contributed by atoms with Gasteiger partial charge in [0.15, 0.2) is 0 Å². The molecular formula is C26H23Cl2N3O. The van der Waals surface area contributed by atoms with Crippen molar-refractivity contribution in [2.24, 2.45) is 0 Å². The number of carbonyl (C=O) groups excluding carboxylic acids is 1. The molecule has 5 rings (SSSR count). The summed E-state index contributed by atoms with van der Waals surface area (Å²) < 4.78 is 0. The lowest BCUT2D eigenvalue weighted by molar-refractivity contribution is 0.193. The van der Waals surface area contributed by atoms with Crippen LogP contribution in [0.1, 0.15) is 34.0 Å². The number of fused-ring (bicyclic) bond motifs is 3. The number of rotatable bonds is 2. The van der Waals surface area contributed by atoms with Crippen LogP contribution in [-0.4, -0.2) is 22.5 Å². The molecule has 4 aromatic rings. The topological polar surface area (TPSA) is 48.1 Å². The number of aromatic nitrogens is 1. The number of hydrogen-bond acceptors (Lipinski definition) is 1. The average molecular weight is 464 g/mol. The molecule has 1 atom stereocenters. The number of anilines is 1. The maximum absolute atomic E-state index is 13.5. The Kier molecular flexibility index (Phi) is 5.36. The predicted octanol–water partition coefficient (Wildman–Crippen LogP) is 7.27. The summed E-state index contributed by atoms with van der Waals surface area (Å²) in [5, 5.41) is 5.50. The lowest BCUT2D eigenvalue weighted by atomic mass is 9.92. The van der Waals surface area contributed by atoms with Crippen molar-refractivity contribution in [2.45, 2.75) is 26.3 Å². The highest BCUT2D eigenvalue weighted by atomic mass is 35.5. The molecular weight excluding hydrogens is 441 g/mol. The highest BCUT2D eigenvalue weighted by Crippen LogP contribution is 2.39. The zero-order valence-electron chi connectivity index (χ0n) is 17.9. The molecule has 1 aliphatic rings. The molecule has 2 heterocycles. The van der Waals surface area contributed by atoms with Crippen LogP contribution in [0, 0.1) is 13.8 Å². The third kappa shape index (κ3) is 3.74. The van der Waals surface area contributed by atoms with Crippen molar-refractivity contribution in [1.29, 1.82) is 0 Å². The Balaban J connectivity index is 1.59. The number of halogens is 2. The Morgan fingerprint density at radius 3 is 2.50 bits per heavy atom. The molecule has 3 aromatic carbocycles. The van der Waals surface area contributed by atoms with Gasteiger partial charge in [0, 0.05) is 38.9 Å². The highest BCUT2D eigenvalue weighted by molar-refractivity contribution is 6.31. The summed E-state index contributed by atoms with van der Waals surface area (Å²) in [4.78, 5) is 19.0. The Bertz CT molecular complexity index is 1330. The van der Waals surface area contributed by atoms with Crippen molar-refractivity contribution in [1.82, 2.24) is 9.88 Å². The molecule has 1 aliphatic heterocycles. The van der Waals surface area contributed by atoms with E-state index in [1.165, 1.54) is 11.1 Å². The number of nitrogens with one attached hydrogen (secondary N) is 2. The van der Waals surface area contributed by atoms with E-state index in [2.05, 4.69) is 41.5 Å². The van der Waals surface area contributed by atoms with Crippen molar-refractivity contribution < 1.29 is 4.79 Å². The number of aromatic amines is 1. The number of hydrogen-bond donors (Lipinski definition) is 2. The standard InChI is InChI=1S/C26H23Cl2N3O/c1-15-3-6-17(7-4-15)25-24-20(21-13-18(27)9-10-22(21)29-24)11-12-31(25)26(32)30-23-14-19(28)8-5-16(23)2/h3-10,13-14,25,29H,11-12H2,1-2H3,(H,30,32). The molecule has 2 N–H and O–H groups in total. The maximum Gasteiger partial charge on any atom is 0.322 e. The molecule has 6 heteroatoms. The van der Waals surface area contributed by atoms with Crippen LogP contribution < -0.4 is 5.32 Å². The van der Waals surface area contributed by atoms with Gasteiger partial charge < -0.3 is 15.2 Å². The summed E-state index contributed by atoms with van der Waals surface area (Å²) in [5.41, 5.74) is 7.22. The third-order valence-electron chi connectivity index (χ3n) is 6.18. The summed E-state index contributed by atoms with van der Waals surface area (Å²) in [7, 11) is 0. The van der Waals surface area contributed by atoms with E-state index in [9.17, 15) is 4.79 Å². The van der Waals surface area contributed by atoms with Crippen molar-refractivity contribution >= 4 is 45.8 Å². The van der Waals surface area contributed by atoms with Crippen molar-refractivity contribution in [3.8, 4) is 0 Å². The quantitative estimate of drug-likeness (QED) is 0.322. The van der Waals surface area contributed by atoms with Crippen LogP contribution in [0.5, 0.6) is 0 Å². The molecule has 0 saturated heterocycles. The van der Waals surface area contributed by atoms with Gasteiger partial charge in [-0.1, -0.05) is 59.1 Å². The molecule has 0 spiro atoms. The van der Waals surface area contributed by atoms with E-state index in [1.54, 1.807) is 6.07 Å². The van der Waals surface area contributed by atoms with Crippen LogP contribution in [0.2, 0.25) is 10.0 Å². The van der Waals surface area contributed by atoms with Gasteiger partial charge in [-0.15, -0.1) is 0 Å². The van der Waals surface area contributed by atoms with Gasteiger partial charge in [0.05, 0.1) is 6.04 Å². The van der Waals surface area contributed by atoms with Gasteiger partial charge in [0.1, 0.15) is 0 Å². The number of aryl methyl sites for hydroxylation is 2. The fourth-order valence-electron chi connectivity index (χ4n) is 4.49. The molecule has 2 amide bonds. The molecule has 32 heavy (non-hydrogen) atoms. The number of urea groups is 1. The van der Waals surface area contributed by atoms with E-state index in [1.807, 2.05) is 42.2 Å². The zero-order chi connectivity index (χ0) is 22.4. The second kappa shape index (κ2) is 8.19. The van der Waals surface area contributed by atoms with E-state index in [4.69, 9.17) is 23.2 Å². The van der Waals surface area contributed by atoms with Crippen molar-refractivity contribution in [3.05, 3.63) is 98.7 Å². The SMILES string of the molecule is Cc1ccc(C2c3[nH]c4ccc(Cl)cc4c3CCN2C(=O)Nc2cc(Cl)ccc2C)cc1. The zero-order valence-corrected chi connectivity index (χ0v) is 19.4. The van der Waals surface area contributed by atoms with Crippen LogP contribution in [0.4, 0.5) is 10.5 Å². The minimum Gasteiger partial charge on any atom is -0.356 e. The smallest absolute Gasteiger partial charge is 0.322 e. The Morgan fingerprint density at radius 1 is 1.00 bits per heavy atom. The van der Waals surface area contributed by atoms with Crippen LogP contribution in [-0.2, 0) is 6.42 Å². The minimum absolute atomic E-state index is 0.150. The predicted molar refractivity (Wildman–Crippen MR) is 132 cm³/mol. The van der Waals surface area contributed by atoms with Gasteiger partial charge in [0.2, 0.25) is 0 Å². The molecule has 0 aliphatic carbocycles. The number of nitrogens with zero attached hydrogens (tertiary/aromatic N) is 1. The van der Waals surface area contributed by atoms with Gasteiger partial charge in [-0.2, -0.15) is 0 Å². The molecule has 0 saturated carbocycles. The van der Waals surface area contributed by atoms with Crippen molar-refractivity contribution in [3.63, 3.8) is 0 Å². The minimum atomic E-state index is -0.231. The first-order valence-electron chi connectivity index (χ1n) is 10.6. The molecule has 162 valence electrons. The van der Waals surface area contributed by atoms with E-state index in [-0.39, 0.29) is 12.1 Å². The molecule has 1 aromatic heterocycles. The highest BCUT2D eigenvalue weighted by Gasteiger charge is 2.34. The first-order valence-corrected chi connectivity index (χ1v) is 11.4. The van der Waals surface area contributed by atoms with Crippen LogP contribution in [0.25, 0.3) is 10.9 Å². The lowest BCUT2D eigenvalue weighted by Gasteiger charge is -2.36. The largest absolute Gasteiger partial charge is 0.356 e. The number of amides is 2. The molecule has 4 nitrogen and oxygen atoms in total. The van der Waals surface area contributed by atoms with Crippen LogP contribution in [0.3, 0.4) is 0 Å². The summed E-state index contributed by atoms with van der Waals surface area (Å²) in [6.45, 7) is 4.61. The summed E-state index contributed by atoms with van der Waals surface area (Å²) in [5.74, 6) is 0. The average Bonchev–Trinajstić information content (AvgIpc) is 3.14. The Labute approximate surface area is 197 Å². The second-order valence-corrected chi connectivity index (χ2v) is 9.23. The van der Waals surface area contributed by atoms with Gasteiger partial charge in [-0.25, -0.2) is 4.79 Å². The summed E-state index contributed by atoms with van der Waals surface area (Å²) in [6.07, 6.45) is 0.750. The maximum atomic E-state index is 13.5. The number of carbonyl (C=O) groups is 1. The summed E-state index contributed by atoms with van der Waals surface area (Å²) in [6, 6.07) is 19.4. The Morgan fingerprint density at radius 2 is 1.72 bits per heavy atom. The molecule has 0 radical (unpaired) electrons. The van der Waals surface area contributed by atoms with E-state index in [0.717, 1.165) is 39.8 Å². The Hall–Kier alpha value is -2.95. The van der Waals surface area contributed by atoms with Crippen LogP contribution >= 0.6 is 23.2 Å². The fourth-order valence-corrected chi connectivity index (χ4v) is 4.83. The first kappa shape index (κ1) is 20.9. The van der Waals surface area contributed by atoms with Crippen LogP contribution in [0.15, 0.2) is 60.7 Å². The third-order valence-corrected chi connectivity index (χ3v) is 6.65. The fraction of sp³-hybridized carbons (Fsp3) is 0.192. The molecule has 1 unspecified atom stereocenters. The second-order valence-electron chi connectivity index (χ2n) is 8.35. The van der Waals surface area contributed by atoms with Gasteiger partial charge in [-0.05, 0) is 67.3 Å². The first-order chi connectivity index (χ1) is 15.4. The van der Waals surface area contributed by atoms with E-state index < -0.39 is 0 Å². The van der Waals surface area contributed by atoms with Gasteiger partial charge in [0.25, 0.3) is 0 Å². The number of H-pyrrole nitrogens is 1. The van der Waals surface area contributed by atoms with Gasteiger partial charge >= 0.3 is 6.03 Å². The molecule has 0 fully saturated rings. The van der Waals surface area contributed by atoms with E-state index >= 15 is 0 Å². The van der Waals surface area contributed by atoms with Gasteiger partial charge in [-0.3, -0.25) is 0 Å². The lowest BCUT2D eigenvalue weighted by Crippen LogP contribution is -2.43. The van der Waals surface area contributed by atoms with Crippen molar-refractivity contribution in [2.75, 3.05) is 11.9 Å². The van der Waals surface area contributed by atoms with E-state index in [0.29, 0.717) is 16.6 Å². The number of benzene rings is 3.